The molecule has 104 valence electrons. The summed E-state index contributed by atoms with van der Waals surface area (Å²) >= 11 is 0. The maximum absolute atomic E-state index is 11.3. The zero-order valence-electron chi connectivity index (χ0n) is 11.2. The van der Waals surface area contributed by atoms with Crippen LogP contribution in [0.1, 0.15) is 13.8 Å². The molecule has 0 aromatic carbocycles. The van der Waals surface area contributed by atoms with Crippen LogP contribution >= 0.6 is 0 Å². The molecule has 8 heteroatoms. The normalized spacial score (nSPS) is 23.2. The lowest BCUT2D eigenvalue weighted by Crippen LogP contribution is -2.48. The van der Waals surface area contributed by atoms with Crippen LogP contribution in [0.25, 0.3) is 0 Å². The van der Waals surface area contributed by atoms with Gasteiger partial charge in [-0.3, -0.25) is 10.1 Å². The molecule has 19 heavy (non-hydrogen) atoms. The van der Waals surface area contributed by atoms with E-state index in [1.165, 1.54) is 6.33 Å². The van der Waals surface area contributed by atoms with E-state index in [-0.39, 0.29) is 23.7 Å². The standard InChI is InChI=1S/C11H17N5O3/c1-7-5-19-8(2)4-15(7)11-9(16(17)18)10(12-3)13-6-14-11/h6-8H,4-5H2,1-3H3,(H,12,13,14). The number of aromatic nitrogens is 2. The number of ether oxygens (including phenoxy) is 1. The second-order valence-electron chi connectivity index (χ2n) is 4.55. The minimum Gasteiger partial charge on any atom is -0.375 e. The second kappa shape index (κ2) is 5.35. The first-order valence-corrected chi connectivity index (χ1v) is 6.10. The van der Waals surface area contributed by atoms with Gasteiger partial charge in [0.1, 0.15) is 6.33 Å². The van der Waals surface area contributed by atoms with Crippen LogP contribution in [0.4, 0.5) is 17.3 Å². The topological polar surface area (TPSA) is 93.4 Å². The van der Waals surface area contributed by atoms with Gasteiger partial charge in [0, 0.05) is 13.6 Å². The van der Waals surface area contributed by atoms with Crippen LogP contribution in [0.3, 0.4) is 0 Å². The Labute approximate surface area is 110 Å². The molecule has 1 aliphatic rings. The number of nitrogens with one attached hydrogen (secondary N) is 1. The molecule has 2 unspecified atom stereocenters. The van der Waals surface area contributed by atoms with Gasteiger partial charge in [-0.25, -0.2) is 9.97 Å². The van der Waals surface area contributed by atoms with Crippen molar-refractivity contribution in [2.75, 3.05) is 30.4 Å². The molecule has 0 aliphatic carbocycles. The lowest BCUT2D eigenvalue weighted by Gasteiger charge is -2.37. The molecule has 1 aromatic heterocycles. The van der Waals surface area contributed by atoms with E-state index in [1.54, 1.807) is 7.05 Å². The zero-order chi connectivity index (χ0) is 14.0. The van der Waals surface area contributed by atoms with Crippen molar-refractivity contribution >= 4 is 17.3 Å². The summed E-state index contributed by atoms with van der Waals surface area (Å²) in [5.41, 5.74) is -0.0917. The van der Waals surface area contributed by atoms with Gasteiger partial charge < -0.3 is 15.0 Å². The molecular weight excluding hydrogens is 250 g/mol. The molecule has 2 rings (SSSR count). The third-order valence-corrected chi connectivity index (χ3v) is 3.10. The van der Waals surface area contributed by atoms with E-state index in [2.05, 4.69) is 15.3 Å². The molecule has 0 bridgehead atoms. The third-order valence-electron chi connectivity index (χ3n) is 3.10. The second-order valence-corrected chi connectivity index (χ2v) is 4.55. The van der Waals surface area contributed by atoms with E-state index in [0.717, 1.165) is 0 Å². The fourth-order valence-corrected chi connectivity index (χ4v) is 2.13. The van der Waals surface area contributed by atoms with Crippen LogP contribution in [-0.2, 0) is 4.74 Å². The van der Waals surface area contributed by atoms with Crippen LogP contribution in [0.2, 0.25) is 0 Å². The van der Waals surface area contributed by atoms with Crippen molar-refractivity contribution < 1.29 is 9.66 Å². The van der Waals surface area contributed by atoms with Gasteiger partial charge in [-0.05, 0) is 13.8 Å². The number of nitrogens with zero attached hydrogens (tertiary/aromatic N) is 4. The van der Waals surface area contributed by atoms with Crippen LogP contribution in [0.5, 0.6) is 0 Å². The molecule has 0 radical (unpaired) electrons. The Kier molecular flexibility index (Phi) is 3.79. The van der Waals surface area contributed by atoms with E-state index in [1.807, 2.05) is 18.7 Å². The van der Waals surface area contributed by atoms with Crippen molar-refractivity contribution in [2.24, 2.45) is 0 Å². The summed E-state index contributed by atoms with van der Waals surface area (Å²) in [7, 11) is 1.60. The van der Waals surface area contributed by atoms with E-state index < -0.39 is 4.92 Å². The molecule has 2 heterocycles. The highest BCUT2D eigenvalue weighted by Gasteiger charge is 2.32. The Morgan fingerprint density at radius 2 is 2.26 bits per heavy atom. The number of anilines is 2. The predicted molar refractivity (Wildman–Crippen MR) is 70.5 cm³/mol. The van der Waals surface area contributed by atoms with Gasteiger partial charge in [0.15, 0.2) is 0 Å². The average molecular weight is 267 g/mol. The summed E-state index contributed by atoms with van der Waals surface area (Å²) in [5.74, 6) is 0.563. The summed E-state index contributed by atoms with van der Waals surface area (Å²) in [5, 5.41) is 14.0. The van der Waals surface area contributed by atoms with Crippen LogP contribution < -0.4 is 10.2 Å². The predicted octanol–water partition coefficient (Wildman–Crippen LogP) is 1.04. The maximum Gasteiger partial charge on any atom is 0.353 e. The number of morpholine rings is 1. The summed E-state index contributed by atoms with van der Waals surface area (Å²) in [6.45, 7) is 4.99. The van der Waals surface area contributed by atoms with Gasteiger partial charge >= 0.3 is 5.69 Å². The number of rotatable bonds is 3. The number of hydrogen-bond acceptors (Lipinski definition) is 7. The van der Waals surface area contributed by atoms with Crippen LogP contribution in [-0.4, -0.2) is 47.2 Å². The van der Waals surface area contributed by atoms with Gasteiger partial charge in [0.05, 0.1) is 23.7 Å². The molecule has 1 fully saturated rings. The van der Waals surface area contributed by atoms with Crippen molar-refractivity contribution in [1.82, 2.24) is 9.97 Å². The van der Waals surface area contributed by atoms with Crippen LogP contribution in [0.15, 0.2) is 6.33 Å². The molecule has 1 aliphatic heterocycles. The number of nitro groups is 1. The zero-order valence-corrected chi connectivity index (χ0v) is 11.2. The Hall–Kier alpha value is -1.96. The molecule has 0 saturated carbocycles. The minimum atomic E-state index is -0.450. The van der Waals surface area contributed by atoms with E-state index in [9.17, 15) is 10.1 Å². The fraction of sp³-hybridized carbons (Fsp3) is 0.636. The summed E-state index contributed by atoms with van der Waals surface area (Å²) in [6.07, 6.45) is 1.35. The molecule has 8 nitrogen and oxygen atoms in total. The first-order valence-electron chi connectivity index (χ1n) is 6.10. The summed E-state index contributed by atoms with van der Waals surface area (Å²) in [6, 6.07) is 0.0366. The Morgan fingerprint density at radius 1 is 1.53 bits per heavy atom. The largest absolute Gasteiger partial charge is 0.375 e. The molecule has 0 amide bonds. The molecule has 1 saturated heterocycles. The van der Waals surface area contributed by atoms with Crippen molar-refractivity contribution in [2.45, 2.75) is 26.0 Å². The quantitative estimate of drug-likeness (QED) is 0.646. The third kappa shape index (κ3) is 2.58. The lowest BCUT2D eigenvalue weighted by atomic mass is 10.2. The summed E-state index contributed by atoms with van der Waals surface area (Å²) in [4.78, 5) is 20.7. The monoisotopic (exact) mass is 267 g/mol. The van der Waals surface area contributed by atoms with Crippen molar-refractivity contribution in [3.05, 3.63) is 16.4 Å². The van der Waals surface area contributed by atoms with Gasteiger partial charge in [-0.1, -0.05) is 0 Å². The molecule has 2 atom stereocenters. The number of hydrogen-bond donors (Lipinski definition) is 1. The Morgan fingerprint density at radius 3 is 2.89 bits per heavy atom. The van der Waals surface area contributed by atoms with Gasteiger partial charge in [0.25, 0.3) is 0 Å². The maximum atomic E-state index is 11.3. The van der Waals surface area contributed by atoms with Gasteiger partial charge in [0.2, 0.25) is 11.6 Å². The Balaban J connectivity index is 2.46. The van der Waals surface area contributed by atoms with Gasteiger partial charge in [-0.15, -0.1) is 0 Å². The fourth-order valence-electron chi connectivity index (χ4n) is 2.13. The molecule has 1 aromatic rings. The molecule has 0 spiro atoms. The highest BCUT2D eigenvalue weighted by atomic mass is 16.6. The van der Waals surface area contributed by atoms with Crippen molar-refractivity contribution in [1.29, 1.82) is 0 Å². The van der Waals surface area contributed by atoms with Crippen LogP contribution in [0, 0.1) is 10.1 Å². The van der Waals surface area contributed by atoms with E-state index in [0.29, 0.717) is 19.0 Å². The highest BCUT2D eigenvalue weighted by Crippen LogP contribution is 2.33. The first-order chi connectivity index (χ1) is 9.04. The minimum absolute atomic E-state index is 0.0174. The van der Waals surface area contributed by atoms with Crippen molar-refractivity contribution in [3.63, 3.8) is 0 Å². The smallest absolute Gasteiger partial charge is 0.353 e. The SMILES string of the molecule is CNc1ncnc(N2CC(C)OCC2C)c1[N+](=O)[O-]. The summed E-state index contributed by atoms with van der Waals surface area (Å²) < 4.78 is 5.53. The highest BCUT2D eigenvalue weighted by molar-refractivity contribution is 5.70. The first kappa shape index (κ1) is 13.5. The molecule has 1 N–H and O–H groups in total. The van der Waals surface area contributed by atoms with E-state index >= 15 is 0 Å². The van der Waals surface area contributed by atoms with Crippen molar-refractivity contribution in [3.8, 4) is 0 Å². The lowest BCUT2D eigenvalue weighted by molar-refractivity contribution is -0.383. The average Bonchev–Trinajstić information content (AvgIpc) is 2.40. The van der Waals surface area contributed by atoms with Gasteiger partial charge in [-0.2, -0.15) is 0 Å². The Bertz CT molecular complexity index is 481. The van der Waals surface area contributed by atoms with E-state index in [4.69, 9.17) is 4.74 Å². The molecular formula is C11H17N5O3.